The van der Waals surface area contributed by atoms with Crippen LogP contribution in [0.15, 0.2) is 23.6 Å². The molecule has 7 nitrogen and oxygen atoms in total. The molecule has 2 aromatic rings. The molecule has 0 spiro atoms. The van der Waals surface area contributed by atoms with E-state index < -0.39 is 5.97 Å². The van der Waals surface area contributed by atoms with Gasteiger partial charge in [-0.25, -0.2) is 0 Å². The maximum absolute atomic E-state index is 10.6. The van der Waals surface area contributed by atoms with E-state index in [1.165, 1.54) is 0 Å². The molecule has 0 saturated carbocycles. The van der Waals surface area contributed by atoms with E-state index in [-0.39, 0.29) is 11.7 Å². The van der Waals surface area contributed by atoms with Crippen LogP contribution in [0.4, 0.5) is 5.95 Å². The van der Waals surface area contributed by atoms with Crippen molar-refractivity contribution in [2.75, 3.05) is 11.5 Å². The highest BCUT2D eigenvalue weighted by Crippen LogP contribution is 2.22. The summed E-state index contributed by atoms with van der Waals surface area (Å²) in [4.78, 5) is 14.6. The highest BCUT2D eigenvalue weighted by Gasteiger charge is 2.13. The Labute approximate surface area is 107 Å². The van der Waals surface area contributed by atoms with Gasteiger partial charge in [-0.1, -0.05) is 11.8 Å². The van der Waals surface area contributed by atoms with Gasteiger partial charge in [-0.2, -0.15) is 0 Å². The summed E-state index contributed by atoms with van der Waals surface area (Å²) >= 11 is 1.06. The number of nitrogens with two attached hydrogens (primary N) is 1. The maximum Gasteiger partial charge on any atom is 0.313 e. The Morgan fingerprint density at radius 2 is 2.28 bits per heavy atom. The molecule has 2 rings (SSSR count). The number of aromatic nitrogens is 4. The van der Waals surface area contributed by atoms with Crippen molar-refractivity contribution in [3.63, 3.8) is 0 Å². The molecule has 0 radical (unpaired) electrons. The molecule has 0 aromatic carbocycles. The van der Waals surface area contributed by atoms with E-state index in [1.807, 2.05) is 13.0 Å². The van der Waals surface area contributed by atoms with Crippen molar-refractivity contribution in [2.45, 2.75) is 12.1 Å². The summed E-state index contributed by atoms with van der Waals surface area (Å²) in [6.45, 7) is 1.90. The molecule has 0 amide bonds. The van der Waals surface area contributed by atoms with E-state index in [1.54, 1.807) is 17.0 Å². The molecule has 0 unspecified atom stereocenters. The maximum atomic E-state index is 10.6. The highest BCUT2D eigenvalue weighted by atomic mass is 32.2. The lowest BCUT2D eigenvalue weighted by Gasteiger charge is -2.07. The first-order valence-corrected chi connectivity index (χ1v) is 6.04. The second-order valence-electron chi connectivity index (χ2n) is 3.58. The van der Waals surface area contributed by atoms with Gasteiger partial charge in [-0.3, -0.25) is 14.3 Å². The van der Waals surface area contributed by atoms with E-state index in [4.69, 9.17) is 10.8 Å². The lowest BCUT2D eigenvalue weighted by Crippen LogP contribution is -2.05. The Morgan fingerprint density at radius 3 is 2.94 bits per heavy atom. The topological polar surface area (TPSA) is 107 Å². The number of carbonyl (C=O) groups is 1. The van der Waals surface area contributed by atoms with E-state index >= 15 is 0 Å². The zero-order valence-corrected chi connectivity index (χ0v) is 10.4. The van der Waals surface area contributed by atoms with Crippen molar-refractivity contribution >= 4 is 23.7 Å². The number of nitrogen functional groups attached to an aromatic ring is 1. The van der Waals surface area contributed by atoms with Crippen molar-refractivity contribution < 1.29 is 9.90 Å². The number of thioether (sulfide) groups is 1. The fraction of sp³-hybridized carbons (Fsp3) is 0.200. The van der Waals surface area contributed by atoms with Crippen LogP contribution in [0.2, 0.25) is 0 Å². The minimum absolute atomic E-state index is 0.0998. The summed E-state index contributed by atoms with van der Waals surface area (Å²) in [5, 5.41) is 16.7. The summed E-state index contributed by atoms with van der Waals surface area (Å²) in [6, 6.07) is 1.87. The number of hydrogen-bond donors (Lipinski definition) is 2. The first-order valence-electron chi connectivity index (χ1n) is 5.05. The average Bonchev–Trinajstić information content (AvgIpc) is 2.68. The number of carboxylic acids is 1. The van der Waals surface area contributed by atoms with Crippen molar-refractivity contribution in [1.29, 1.82) is 0 Å². The number of anilines is 1. The second-order valence-corrected chi connectivity index (χ2v) is 4.52. The average molecular weight is 265 g/mol. The van der Waals surface area contributed by atoms with Crippen LogP contribution in [0.3, 0.4) is 0 Å². The number of aryl methyl sites for hydroxylation is 1. The van der Waals surface area contributed by atoms with Gasteiger partial charge in [0.1, 0.15) is 0 Å². The smallest absolute Gasteiger partial charge is 0.313 e. The van der Waals surface area contributed by atoms with Gasteiger partial charge in [-0.05, 0) is 18.6 Å². The molecule has 94 valence electrons. The molecular weight excluding hydrogens is 254 g/mol. The van der Waals surface area contributed by atoms with Gasteiger partial charge >= 0.3 is 5.97 Å². The summed E-state index contributed by atoms with van der Waals surface area (Å²) in [5.41, 5.74) is 7.41. The van der Waals surface area contributed by atoms with Gasteiger partial charge in [0.2, 0.25) is 5.95 Å². The van der Waals surface area contributed by atoms with Gasteiger partial charge in [-0.15, -0.1) is 10.2 Å². The zero-order chi connectivity index (χ0) is 13.1. The quantitative estimate of drug-likeness (QED) is 0.784. The Morgan fingerprint density at radius 1 is 1.50 bits per heavy atom. The Kier molecular flexibility index (Phi) is 3.47. The first kappa shape index (κ1) is 12.4. The van der Waals surface area contributed by atoms with Crippen molar-refractivity contribution in [3.05, 3.63) is 24.0 Å². The Hall–Kier alpha value is -2.09. The van der Waals surface area contributed by atoms with Gasteiger partial charge in [0, 0.05) is 6.20 Å². The van der Waals surface area contributed by atoms with Crippen LogP contribution < -0.4 is 5.73 Å². The molecule has 0 atom stereocenters. The fourth-order valence-electron chi connectivity index (χ4n) is 1.41. The Bertz CT molecular complexity index is 583. The van der Waals surface area contributed by atoms with Crippen LogP contribution in [0.5, 0.6) is 0 Å². The molecule has 0 bridgehead atoms. The predicted molar refractivity (Wildman–Crippen MR) is 66.7 cm³/mol. The highest BCUT2D eigenvalue weighted by molar-refractivity contribution is 7.99. The summed E-state index contributed by atoms with van der Waals surface area (Å²) in [5.74, 6) is -0.817. The number of aliphatic carboxylic acids is 1. The zero-order valence-electron chi connectivity index (χ0n) is 9.57. The molecule has 3 N–H and O–H groups in total. The molecular formula is C10H11N5O2S. The van der Waals surface area contributed by atoms with Crippen LogP contribution in [0, 0.1) is 6.92 Å². The second kappa shape index (κ2) is 5.05. The van der Waals surface area contributed by atoms with Crippen molar-refractivity contribution in [1.82, 2.24) is 19.7 Å². The van der Waals surface area contributed by atoms with Crippen LogP contribution in [0.1, 0.15) is 5.56 Å². The third-order valence-electron chi connectivity index (χ3n) is 2.10. The van der Waals surface area contributed by atoms with Crippen LogP contribution in [0.25, 0.3) is 5.69 Å². The first-order chi connectivity index (χ1) is 8.58. The Balaban J connectivity index is 2.37. The molecule has 8 heteroatoms. The minimum Gasteiger partial charge on any atom is -0.481 e. The normalized spacial score (nSPS) is 10.5. The standard InChI is InChI=1S/C10H11N5O2S/c1-6-2-7(4-12-3-6)15-9(11)13-14-10(15)18-5-8(16)17/h2-4H,5H2,1H3,(H2,11,13)(H,16,17). The van der Waals surface area contributed by atoms with Gasteiger partial charge in [0.15, 0.2) is 5.16 Å². The molecule has 2 heterocycles. The number of pyridine rings is 1. The molecule has 18 heavy (non-hydrogen) atoms. The molecule has 0 aliphatic carbocycles. The lowest BCUT2D eigenvalue weighted by molar-refractivity contribution is -0.133. The minimum atomic E-state index is -0.921. The van der Waals surface area contributed by atoms with Gasteiger partial charge < -0.3 is 10.8 Å². The summed E-state index contributed by atoms with van der Waals surface area (Å²) < 4.78 is 1.58. The SMILES string of the molecule is Cc1cncc(-n2c(N)nnc2SCC(=O)O)c1. The van der Waals surface area contributed by atoms with Crippen LogP contribution in [-0.4, -0.2) is 36.6 Å². The largest absolute Gasteiger partial charge is 0.481 e. The van der Waals surface area contributed by atoms with E-state index in [9.17, 15) is 4.79 Å². The molecule has 0 fully saturated rings. The van der Waals surface area contributed by atoms with Crippen molar-refractivity contribution in [2.24, 2.45) is 0 Å². The number of carboxylic acid groups (broad SMARTS) is 1. The number of nitrogens with zero attached hydrogens (tertiary/aromatic N) is 4. The van der Waals surface area contributed by atoms with Crippen LogP contribution >= 0.6 is 11.8 Å². The monoisotopic (exact) mass is 265 g/mol. The van der Waals surface area contributed by atoms with E-state index in [0.29, 0.717) is 10.8 Å². The summed E-state index contributed by atoms with van der Waals surface area (Å²) in [7, 11) is 0. The van der Waals surface area contributed by atoms with E-state index in [2.05, 4.69) is 15.2 Å². The van der Waals surface area contributed by atoms with E-state index in [0.717, 1.165) is 17.3 Å². The third-order valence-corrected chi connectivity index (χ3v) is 3.02. The lowest BCUT2D eigenvalue weighted by atomic mass is 10.3. The third kappa shape index (κ3) is 2.59. The number of hydrogen-bond acceptors (Lipinski definition) is 6. The molecule has 0 aliphatic heterocycles. The molecule has 0 saturated heterocycles. The van der Waals surface area contributed by atoms with Gasteiger partial charge in [0.05, 0.1) is 17.6 Å². The molecule has 2 aromatic heterocycles. The fourth-order valence-corrected chi connectivity index (χ4v) is 2.08. The predicted octanol–water partition coefficient (Wildman–Crippen LogP) is 0.730. The van der Waals surface area contributed by atoms with Gasteiger partial charge in [0.25, 0.3) is 0 Å². The van der Waals surface area contributed by atoms with Crippen LogP contribution in [-0.2, 0) is 4.79 Å². The molecule has 0 aliphatic rings. The number of rotatable bonds is 4. The summed E-state index contributed by atoms with van der Waals surface area (Å²) in [6.07, 6.45) is 3.34. The van der Waals surface area contributed by atoms with Crippen molar-refractivity contribution in [3.8, 4) is 5.69 Å².